The van der Waals surface area contributed by atoms with Gasteiger partial charge < -0.3 is 14.5 Å². The molecule has 1 atom stereocenters. The van der Waals surface area contributed by atoms with Gasteiger partial charge in [0.25, 0.3) is 0 Å². The van der Waals surface area contributed by atoms with Gasteiger partial charge in [0.1, 0.15) is 0 Å². The van der Waals surface area contributed by atoms with Crippen LogP contribution in [0.25, 0.3) is 0 Å². The molecule has 1 unspecified atom stereocenters. The second-order valence-electron chi connectivity index (χ2n) is 7.20. The van der Waals surface area contributed by atoms with Gasteiger partial charge in [-0.1, -0.05) is 30.3 Å². The third kappa shape index (κ3) is 4.89. The van der Waals surface area contributed by atoms with E-state index in [0.29, 0.717) is 32.8 Å². The lowest BCUT2D eigenvalue weighted by atomic mass is 10.1. The molecule has 28 heavy (non-hydrogen) atoms. The van der Waals surface area contributed by atoms with E-state index in [-0.39, 0.29) is 43.0 Å². The Morgan fingerprint density at radius 3 is 2.46 bits per heavy atom. The van der Waals surface area contributed by atoms with Gasteiger partial charge in [0.15, 0.2) is 0 Å². The zero-order valence-corrected chi connectivity index (χ0v) is 16.9. The molecule has 0 bridgehead atoms. The van der Waals surface area contributed by atoms with E-state index in [1.807, 2.05) is 18.2 Å². The molecule has 8 nitrogen and oxygen atoms in total. The molecule has 1 aromatic rings. The molecule has 2 aliphatic heterocycles. The van der Waals surface area contributed by atoms with Crippen molar-refractivity contribution in [1.82, 2.24) is 14.1 Å². The largest absolute Gasteiger partial charge is 0.383 e. The molecule has 0 aliphatic carbocycles. The van der Waals surface area contributed by atoms with Gasteiger partial charge in [-0.15, -0.1) is 0 Å². The molecule has 2 fully saturated rings. The van der Waals surface area contributed by atoms with E-state index in [9.17, 15) is 18.0 Å². The lowest BCUT2D eigenvalue weighted by Gasteiger charge is -2.35. The summed E-state index contributed by atoms with van der Waals surface area (Å²) in [5.74, 6) is -0.474. The summed E-state index contributed by atoms with van der Waals surface area (Å²) in [5.41, 5.74) is 0.752. The second-order valence-corrected chi connectivity index (χ2v) is 9.17. The Morgan fingerprint density at radius 2 is 1.82 bits per heavy atom. The van der Waals surface area contributed by atoms with Crippen molar-refractivity contribution in [3.8, 4) is 0 Å². The van der Waals surface area contributed by atoms with Crippen LogP contribution in [-0.2, 0) is 30.1 Å². The normalized spacial score (nSPS) is 21.3. The number of sulfonamides is 1. The van der Waals surface area contributed by atoms with E-state index in [2.05, 4.69) is 0 Å². The van der Waals surface area contributed by atoms with Crippen LogP contribution in [0.1, 0.15) is 12.0 Å². The maximum atomic E-state index is 12.8. The molecule has 0 radical (unpaired) electrons. The number of hydrogen-bond acceptors (Lipinski definition) is 5. The maximum Gasteiger partial charge on any atom is 0.228 e. The van der Waals surface area contributed by atoms with Crippen molar-refractivity contribution in [3.63, 3.8) is 0 Å². The number of carbonyl (C=O) groups excluding carboxylic acids is 2. The molecule has 2 saturated heterocycles. The van der Waals surface area contributed by atoms with Crippen LogP contribution in [-0.4, -0.2) is 87.3 Å². The quantitative estimate of drug-likeness (QED) is 0.640. The van der Waals surface area contributed by atoms with E-state index in [1.165, 1.54) is 4.31 Å². The molecule has 9 heteroatoms. The van der Waals surface area contributed by atoms with Gasteiger partial charge >= 0.3 is 0 Å². The van der Waals surface area contributed by atoms with Gasteiger partial charge in [-0.3, -0.25) is 9.59 Å². The van der Waals surface area contributed by atoms with E-state index < -0.39 is 10.0 Å². The molecular weight excluding hydrogens is 382 g/mol. The number of likely N-dealkylation sites (tertiary alicyclic amines) is 1. The van der Waals surface area contributed by atoms with Gasteiger partial charge in [0, 0.05) is 52.8 Å². The molecule has 3 rings (SSSR count). The molecule has 154 valence electrons. The fourth-order valence-corrected chi connectivity index (χ4v) is 5.19. The summed E-state index contributed by atoms with van der Waals surface area (Å²) in [6, 6.07) is 9.08. The third-order valence-corrected chi connectivity index (χ3v) is 7.11. The summed E-state index contributed by atoms with van der Waals surface area (Å²) in [7, 11) is -1.84. The standard InChI is InChI=1S/C19H27N3O5S/c1-27-12-11-21-14-17(13-18(21)23)19(24)20-7-9-22(10-8-20)28(25,26)15-16-5-3-2-4-6-16/h2-6,17H,7-15H2,1H3. The highest BCUT2D eigenvalue weighted by Crippen LogP contribution is 2.21. The van der Waals surface area contributed by atoms with Crippen LogP contribution < -0.4 is 0 Å². The smallest absolute Gasteiger partial charge is 0.228 e. The van der Waals surface area contributed by atoms with Crippen molar-refractivity contribution in [2.75, 3.05) is 53.0 Å². The number of methoxy groups -OCH3 is 1. The molecule has 0 spiro atoms. The van der Waals surface area contributed by atoms with Crippen LogP contribution >= 0.6 is 0 Å². The second kappa shape index (κ2) is 9.02. The highest BCUT2D eigenvalue weighted by Gasteiger charge is 2.38. The van der Waals surface area contributed by atoms with E-state index >= 15 is 0 Å². The predicted molar refractivity (Wildman–Crippen MR) is 104 cm³/mol. The number of benzene rings is 1. The Balaban J connectivity index is 1.52. The zero-order valence-electron chi connectivity index (χ0n) is 16.1. The molecule has 2 heterocycles. The van der Waals surface area contributed by atoms with Gasteiger partial charge in [-0.05, 0) is 5.56 Å². The number of amides is 2. The first kappa shape index (κ1) is 20.8. The first-order valence-electron chi connectivity index (χ1n) is 9.48. The first-order chi connectivity index (χ1) is 13.4. The molecule has 2 amide bonds. The Hall–Kier alpha value is -1.97. The SMILES string of the molecule is COCCN1CC(C(=O)N2CCN(S(=O)(=O)Cc3ccccc3)CC2)CC1=O. The number of nitrogens with zero attached hydrogens (tertiary/aromatic N) is 3. The highest BCUT2D eigenvalue weighted by molar-refractivity contribution is 7.88. The van der Waals surface area contributed by atoms with Crippen LogP contribution in [0.3, 0.4) is 0 Å². The van der Waals surface area contributed by atoms with Crippen LogP contribution in [0.2, 0.25) is 0 Å². The molecular formula is C19H27N3O5S. The van der Waals surface area contributed by atoms with Crippen molar-refractivity contribution in [2.45, 2.75) is 12.2 Å². The third-order valence-electron chi connectivity index (χ3n) is 5.26. The minimum Gasteiger partial charge on any atom is -0.383 e. The molecule has 1 aromatic carbocycles. The van der Waals surface area contributed by atoms with Crippen molar-refractivity contribution in [3.05, 3.63) is 35.9 Å². The van der Waals surface area contributed by atoms with Crippen LogP contribution in [0.5, 0.6) is 0 Å². The summed E-state index contributed by atoms with van der Waals surface area (Å²) < 4.78 is 31.7. The molecule has 2 aliphatic rings. The maximum absolute atomic E-state index is 12.8. The monoisotopic (exact) mass is 409 g/mol. The van der Waals surface area contributed by atoms with Gasteiger partial charge in [0.05, 0.1) is 18.3 Å². The number of hydrogen-bond donors (Lipinski definition) is 0. The lowest BCUT2D eigenvalue weighted by Crippen LogP contribution is -2.52. The van der Waals surface area contributed by atoms with E-state index in [0.717, 1.165) is 5.56 Å². The average molecular weight is 410 g/mol. The Morgan fingerprint density at radius 1 is 1.14 bits per heavy atom. The summed E-state index contributed by atoms with van der Waals surface area (Å²) >= 11 is 0. The summed E-state index contributed by atoms with van der Waals surface area (Å²) in [4.78, 5) is 28.2. The number of carbonyl (C=O) groups is 2. The summed E-state index contributed by atoms with van der Waals surface area (Å²) in [6.07, 6.45) is 0.217. The highest BCUT2D eigenvalue weighted by atomic mass is 32.2. The van der Waals surface area contributed by atoms with Crippen LogP contribution in [0, 0.1) is 5.92 Å². The fourth-order valence-electron chi connectivity index (χ4n) is 3.68. The molecule has 0 saturated carbocycles. The summed E-state index contributed by atoms with van der Waals surface area (Å²) in [5, 5.41) is 0. The Labute approximate surface area is 166 Å². The number of piperazine rings is 1. The topological polar surface area (TPSA) is 87.2 Å². The predicted octanol–water partition coefficient (Wildman–Crippen LogP) is 0.156. The first-order valence-corrected chi connectivity index (χ1v) is 11.1. The number of rotatable bonds is 7. The Bertz CT molecular complexity index is 791. The van der Waals surface area contributed by atoms with E-state index in [1.54, 1.807) is 29.0 Å². The summed E-state index contributed by atoms with van der Waals surface area (Å²) in [6.45, 7) is 2.64. The average Bonchev–Trinajstić information content (AvgIpc) is 3.07. The minimum atomic E-state index is -3.41. The van der Waals surface area contributed by atoms with Crippen molar-refractivity contribution in [2.24, 2.45) is 5.92 Å². The van der Waals surface area contributed by atoms with Gasteiger partial charge in [-0.2, -0.15) is 4.31 Å². The lowest BCUT2D eigenvalue weighted by molar-refractivity contribution is -0.137. The van der Waals surface area contributed by atoms with Crippen molar-refractivity contribution < 1.29 is 22.7 Å². The zero-order chi connectivity index (χ0) is 20.1. The Kier molecular flexibility index (Phi) is 6.69. The van der Waals surface area contributed by atoms with E-state index in [4.69, 9.17) is 4.74 Å². The number of ether oxygens (including phenoxy) is 1. The van der Waals surface area contributed by atoms with Crippen molar-refractivity contribution in [1.29, 1.82) is 0 Å². The molecule has 0 N–H and O–H groups in total. The van der Waals surface area contributed by atoms with Crippen molar-refractivity contribution >= 4 is 21.8 Å². The minimum absolute atomic E-state index is 0.0283. The van der Waals surface area contributed by atoms with Gasteiger partial charge in [0.2, 0.25) is 21.8 Å². The van der Waals surface area contributed by atoms with Gasteiger partial charge in [-0.25, -0.2) is 8.42 Å². The fraction of sp³-hybridized carbons (Fsp3) is 0.579. The van der Waals surface area contributed by atoms with Crippen LogP contribution in [0.4, 0.5) is 0 Å². The molecule has 0 aromatic heterocycles. The van der Waals surface area contributed by atoms with Crippen LogP contribution in [0.15, 0.2) is 30.3 Å².